The number of azide groups is 1. The maximum absolute atomic E-state index is 10.3. The van der Waals surface area contributed by atoms with Crippen molar-refractivity contribution in [1.29, 1.82) is 0 Å². The summed E-state index contributed by atoms with van der Waals surface area (Å²) >= 11 is 0. The van der Waals surface area contributed by atoms with Crippen molar-refractivity contribution >= 4 is 5.69 Å². The van der Waals surface area contributed by atoms with Gasteiger partial charge in [-0.15, -0.1) is 0 Å². The van der Waals surface area contributed by atoms with Crippen molar-refractivity contribution in [3.8, 4) is 0 Å². The van der Waals surface area contributed by atoms with Gasteiger partial charge in [0.2, 0.25) is 0 Å². The average molecular weight is 205 g/mol. The van der Waals surface area contributed by atoms with Crippen molar-refractivity contribution < 1.29 is 5.11 Å². The minimum Gasteiger partial charge on any atom is -0.385 e. The van der Waals surface area contributed by atoms with Crippen molar-refractivity contribution in [2.75, 3.05) is 0 Å². The maximum Gasteiger partial charge on any atom is 0.0895 e. The summed E-state index contributed by atoms with van der Waals surface area (Å²) in [7, 11) is 0. The van der Waals surface area contributed by atoms with E-state index in [1.54, 1.807) is 18.2 Å². The average Bonchev–Trinajstić information content (AvgIpc) is 2.29. The van der Waals surface area contributed by atoms with Gasteiger partial charge in [0.1, 0.15) is 0 Å². The zero-order chi connectivity index (χ0) is 11.3. The van der Waals surface area contributed by atoms with Crippen LogP contribution < -0.4 is 0 Å². The summed E-state index contributed by atoms with van der Waals surface area (Å²) in [4.78, 5) is 2.76. The van der Waals surface area contributed by atoms with Crippen LogP contribution in [-0.4, -0.2) is 5.11 Å². The largest absolute Gasteiger partial charge is 0.385 e. The molecule has 0 aromatic heterocycles. The highest BCUT2D eigenvalue weighted by Crippen LogP contribution is 2.35. The maximum atomic E-state index is 10.3. The lowest BCUT2D eigenvalue weighted by molar-refractivity contribution is 0.0290. The third-order valence-corrected chi connectivity index (χ3v) is 2.73. The van der Waals surface area contributed by atoms with E-state index in [0.717, 1.165) is 0 Å². The Kier molecular flexibility index (Phi) is 3.72. The van der Waals surface area contributed by atoms with Gasteiger partial charge in [0.05, 0.1) is 5.60 Å². The molecule has 0 radical (unpaired) electrons. The molecule has 1 N–H and O–H groups in total. The van der Waals surface area contributed by atoms with E-state index in [4.69, 9.17) is 5.53 Å². The molecule has 0 aliphatic heterocycles. The lowest BCUT2D eigenvalue weighted by Crippen LogP contribution is -2.23. The number of hydrogen-bond donors (Lipinski definition) is 1. The van der Waals surface area contributed by atoms with Gasteiger partial charge < -0.3 is 5.11 Å². The number of benzene rings is 1. The van der Waals surface area contributed by atoms with Crippen molar-refractivity contribution in [3.05, 3.63) is 40.3 Å². The van der Waals surface area contributed by atoms with E-state index in [-0.39, 0.29) is 0 Å². The zero-order valence-corrected chi connectivity index (χ0v) is 9.01. The molecule has 0 fully saturated rings. The van der Waals surface area contributed by atoms with Gasteiger partial charge >= 0.3 is 0 Å². The first kappa shape index (κ1) is 11.6. The second-order valence-corrected chi connectivity index (χ2v) is 3.45. The standard InChI is InChI=1S/C11H15N3O/c1-3-11(15,4-2)9-7-5-6-8-10(9)13-14-12/h5-8,15H,3-4H2,1-2H3. The van der Waals surface area contributed by atoms with Gasteiger partial charge in [-0.1, -0.05) is 43.2 Å². The van der Waals surface area contributed by atoms with Gasteiger partial charge in [-0.3, -0.25) is 0 Å². The van der Waals surface area contributed by atoms with E-state index < -0.39 is 5.60 Å². The van der Waals surface area contributed by atoms with E-state index in [2.05, 4.69) is 10.0 Å². The summed E-state index contributed by atoms with van der Waals surface area (Å²) in [6, 6.07) is 7.14. The molecule has 0 amide bonds. The highest BCUT2D eigenvalue weighted by atomic mass is 16.3. The highest BCUT2D eigenvalue weighted by molar-refractivity contribution is 5.48. The fourth-order valence-electron chi connectivity index (χ4n) is 1.63. The fraction of sp³-hybridized carbons (Fsp3) is 0.455. The summed E-state index contributed by atoms with van der Waals surface area (Å²) in [5.41, 5.74) is 8.74. The quantitative estimate of drug-likeness (QED) is 0.455. The first-order valence-corrected chi connectivity index (χ1v) is 5.05. The number of hydrogen-bond acceptors (Lipinski definition) is 2. The third kappa shape index (κ3) is 2.29. The summed E-state index contributed by atoms with van der Waals surface area (Å²) in [6.07, 6.45) is 1.20. The van der Waals surface area contributed by atoms with Gasteiger partial charge in [-0.2, -0.15) is 0 Å². The predicted octanol–water partition coefficient (Wildman–Crippen LogP) is 3.64. The lowest BCUT2D eigenvalue weighted by Gasteiger charge is -2.27. The molecule has 80 valence electrons. The fourth-order valence-corrected chi connectivity index (χ4v) is 1.63. The van der Waals surface area contributed by atoms with E-state index in [0.29, 0.717) is 24.1 Å². The SMILES string of the molecule is CCC(O)(CC)c1ccccc1N=[N+]=[N-]. The molecule has 0 unspecified atom stereocenters. The van der Waals surface area contributed by atoms with E-state index in [1.807, 2.05) is 19.9 Å². The van der Waals surface area contributed by atoms with Crippen LogP contribution >= 0.6 is 0 Å². The van der Waals surface area contributed by atoms with Crippen LogP contribution in [0.4, 0.5) is 5.69 Å². The third-order valence-electron chi connectivity index (χ3n) is 2.73. The summed E-state index contributed by atoms with van der Waals surface area (Å²) in [5, 5.41) is 13.9. The van der Waals surface area contributed by atoms with Gasteiger partial charge in [0.25, 0.3) is 0 Å². The molecule has 15 heavy (non-hydrogen) atoms. The molecule has 0 atom stereocenters. The van der Waals surface area contributed by atoms with Crippen LogP contribution in [0.3, 0.4) is 0 Å². The summed E-state index contributed by atoms with van der Waals surface area (Å²) in [5.74, 6) is 0. The monoisotopic (exact) mass is 205 g/mol. The van der Waals surface area contributed by atoms with Crippen LogP contribution in [0.2, 0.25) is 0 Å². The Balaban J connectivity index is 3.28. The summed E-state index contributed by atoms with van der Waals surface area (Å²) < 4.78 is 0. The molecular formula is C11H15N3O. The first-order valence-electron chi connectivity index (χ1n) is 5.05. The van der Waals surface area contributed by atoms with Crippen molar-refractivity contribution in [2.45, 2.75) is 32.3 Å². The van der Waals surface area contributed by atoms with E-state index >= 15 is 0 Å². The Morgan fingerprint density at radius 2 is 1.93 bits per heavy atom. The van der Waals surface area contributed by atoms with Crippen LogP contribution in [0.25, 0.3) is 10.4 Å². The Hall–Kier alpha value is -1.51. The van der Waals surface area contributed by atoms with Gasteiger partial charge in [0, 0.05) is 10.6 Å². The second-order valence-electron chi connectivity index (χ2n) is 3.45. The van der Waals surface area contributed by atoms with E-state index in [9.17, 15) is 5.11 Å². The Morgan fingerprint density at radius 3 is 2.47 bits per heavy atom. The molecule has 0 saturated carbocycles. The van der Waals surface area contributed by atoms with Crippen LogP contribution in [0.1, 0.15) is 32.3 Å². The van der Waals surface area contributed by atoms with Gasteiger partial charge in [-0.25, -0.2) is 0 Å². The Labute approximate surface area is 89.2 Å². The molecular weight excluding hydrogens is 190 g/mol. The minimum atomic E-state index is -0.898. The van der Waals surface area contributed by atoms with Crippen LogP contribution in [0.5, 0.6) is 0 Å². The number of nitrogens with zero attached hydrogens (tertiary/aromatic N) is 3. The number of aliphatic hydroxyl groups is 1. The van der Waals surface area contributed by atoms with Crippen molar-refractivity contribution in [3.63, 3.8) is 0 Å². The molecule has 0 aliphatic carbocycles. The minimum absolute atomic E-state index is 0.506. The van der Waals surface area contributed by atoms with Crippen molar-refractivity contribution in [2.24, 2.45) is 5.11 Å². The second kappa shape index (κ2) is 4.82. The summed E-state index contributed by atoms with van der Waals surface area (Å²) in [6.45, 7) is 3.83. The normalized spacial score (nSPS) is 10.9. The molecule has 1 rings (SSSR count). The highest BCUT2D eigenvalue weighted by Gasteiger charge is 2.26. The molecule has 0 saturated heterocycles. The molecule has 0 aliphatic rings. The smallest absolute Gasteiger partial charge is 0.0895 e. The molecule has 4 heteroatoms. The molecule has 1 aromatic rings. The van der Waals surface area contributed by atoms with E-state index in [1.165, 1.54) is 0 Å². The number of rotatable bonds is 4. The van der Waals surface area contributed by atoms with Gasteiger partial charge in [-0.05, 0) is 23.9 Å². The van der Waals surface area contributed by atoms with Crippen LogP contribution in [0, 0.1) is 0 Å². The van der Waals surface area contributed by atoms with Crippen molar-refractivity contribution in [1.82, 2.24) is 0 Å². The predicted molar refractivity (Wildman–Crippen MR) is 59.7 cm³/mol. The first-order chi connectivity index (χ1) is 7.18. The van der Waals surface area contributed by atoms with Crippen LogP contribution in [0.15, 0.2) is 29.4 Å². The molecule has 0 bridgehead atoms. The zero-order valence-electron chi connectivity index (χ0n) is 9.01. The van der Waals surface area contributed by atoms with Crippen LogP contribution in [-0.2, 0) is 5.60 Å². The molecule has 4 nitrogen and oxygen atoms in total. The Morgan fingerprint density at radius 1 is 1.33 bits per heavy atom. The Bertz CT molecular complexity index is 379. The molecule has 0 heterocycles. The lowest BCUT2D eigenvalue weighted by atomic mass is 9.87. The molecule has 1 aromatic carbocycles. The topological polar surface area (TPSA) is 69.0 Å². The molecule has 0 spiro atoms. The van der Waals surface area contributed by atoms with Gasteiger partial charge in [0.15, 0.2) is 0 Å².